The lowest BCUT2D eigenvalue weighted by molar-refractivity contribution is 0.0946. The molecule has 7 heteroatoms. The van der Waals surface area contributed by atoms with E-state index in [0.717, 1.165) is 42.6 Å². The first-order valence-corrected chi connectivity index (χ1v) is 10.5. The second-order valence-electron chi connectivity index (χ2n) is 6.86. The number of hydrogen-bond donors (Lipinski definition) is 1. The molecule has 1 aliphatic heterocycles. The molecule has 1 aromatic heterocycles. The van der Waals surface area contributed by atoms with Gasteiger partial charge in [-0.3, -0.25) is 4.79 Å². The van der Waals surface area contributed by atoms with E-state index >= 15 is 0 Å². The van der Waals surface area contributed by atoms with E-state index in [1.807, 2.05) is 47.8 Å². The van der Waals surface area contributed by atoms with E-state index in [4.69, 9.17) is 4.74 Å². The monoisotopic (exact) mass is 408 g/mol. The summed E-state index contributed by atoms with van der Waals surface area (Å²) < 4.78 is 5.23. The van der Waals surface area contributed by atoms with Crippen molar-refractivity contribution in [2.45, 2.75) is 6.54 Å². The fourth-order valence-electron chi connectivity index (χ4n) is 3.33. The van der Waals surface area contributed by atoms with Gasteiger partial charge in [-0.25, -0.2) is 4.98 Å². The van der Waals surface area contributed by atoms with Crippen molar-refractivity contribution in [1.82, 2.24) is 10.3 Å². The highest BCUT2D eigenvalue weighted by atomic mass is 32.1. The molecule has 2 aromatic carbocycles. The van der Waals surface area contributed by atoms with Gasteiger partial charge in [0.25, 0.3) is 5.91 Å². The molecule has 0 bridgehead atoms. The van der Waals surface area contributed by atoms with Gasteiger partial charge in [0.15, 0.2) is 5.13 Å². The van der Waals surface area contributed by atoms with Crippen LogP contribution in [0.5, 0.6) is 5.75 Å². The Balaban J connectivity index is 1.31. The lowest BCUT2D eigenvalue weighted by atomic mass is 10.2. The van der Waals surface area contributed by atoms with Gasteiger partial charge in [0, 0.05) is 43.8 Å². The topological polar surface area (TPSA) is 57.7 Å². The van der Waals surface area contributed by atoms with E-state index in [9.17, 15) is 4.79 Å². The van der Waals surface area contributed by atoms with Gasteiger partial charge < -0.3 is 19.9 Å². The number of thiazole rings is 1. The summed E-state index contributed by atoms with van der Waals surface area (Å²) in [7, 11) is 1.68. The quantitative estimate of drug-likeness (QED) is 0.677. The van der Waals surface area contributed by atoms with Gasteiger partial charge in [-0.2, -0.15) is 0 Å². The molecule has 1 aliphatic rings. The summed E-state index contributed by atoms with van der Waals surface area (Å²) in [6, 6.07) is 18.0. The van der Waals surface area contributed by atoms with Crippen molar-refractivity contribution in [2.75, 3.05) is 43.1 Å². The third kappa shape index (κ3) is 4.68. The summed E-state index contributed by atoms with van der Waals surface area (Å²) in [6.07, 6.45) is 0. The van der Waals surface area contributed by atoms with Crippen molar-refractivity contribution in [3.05, 3.63) is 71.2 Å². The molecule has 1 saturated heterocycles. The summed E-state index contributed by atoms with van der Waals surface area (Å²) in [5.41, 5.74) is 2.76. The van der Waals surface area contributed by atoms with Crippen LogP contribution in [0, 0.1) is 0 Å². The summed E-state index contributed by atoms with van der Waals surface area (Å²) in [6.45, 7) is 4.10. The molecular formula is C22H24N4O2S. The summed E-state index contributed by atoms with van der Waals surface area (Å²) in [5.74, 6) is 0.737. The zero-order valence-corrected chi connectivity index (χ0v) is 17.2. The van der Waals surface area contributed by atoms with Crippen LogP contribution >= 0.6 is 11.3 Å². The Morgan fingerprint density at radius 3 is 2.41 bits per heavy atom. The summed E-state index contributed by atoms with van der Waals surface area (Å²) in [5, 5.41) is 5.68. The Morgan fingerprint density at radius 1 is 1.03 bits per heavy atom. The molecule has 29 heavy (non-hydrogen) atoms. The number of ether oxygens (including phenoxy) is 1. The molecule has 0 radical (unpaired) electrons. The van der Waals surface area contributed by atoms with Gasteiger partial charge in [0.2, 0.25) is 0 Å². The second-order valence-corrected chi connectivity index (χ2v) is 7.69. The zero-order valence-electron chi connectivity index (χ0n) is 16.4. The Kier molecular flexibility index (Phi) is 5.95. The highest BCUT2D eigenvalue weighted by Gasteiger charge is 2.21. The Hall–Kier alpha value is -3.06. The number of benzene rings is 2. The first-order chi connectivity index (χ1) is 14.2. The molecular weight excluding hydrogens is 384 g/mol. The van der Waals surface area contributed by atoms with Crippen molar-refractivity contribution in [3.63, 3.8) is 0 Å². The fourth-order valence-corrected chi connectivity index (χ4v) is 4.19. The standard InChI is InChI=1S/C22H24N4O2S/c1-28-19-9-7-18(8-10-19)25-11-13-26(14-12-25)22-24-20(16-29-22)21(27)23-15-17-5-3-2-4-6-17/h2-10,16H,11-15H2,1H3,(H,23,27). The van der Waals surface area contributed by atoms with Gasteiger partial charge in [-0.05, 0) is 29.8 Å². The Labute approximate surface area is 174 Å². The SMILES string of the molecule is COc1ccc(N2CCN(c3nc(C(=O)NCc4ccccc4)cs3)CC2)cc1. The minimum atomic E-state index is -0.131. The molecule has 0 saturated carbocycles. The molecule has 150 valence electrons. The average molecular weight is 409 g/mol. The maximum absolute atomic E-state index is 12.4. The van der Waals surface area contributed by atoms with Crippen LogP contribution in [0.4, 0.5) is 10.8 Å². The highest BCUT2D eigenvalue weighted by molar-refractivity contribution is 7.13. The van der Waals surface area contributed by atoms with Gasteiger partial charge in [-0.1, -0.05) is 30.3 Å². The van der Waals surface area contributed by atoms with Gasteiger partial charge in [-0.15, -0.1) is 11.3 Å². The van der Waals surface area contributed by atoms with Crippen LogP contribution in [-0.2, 0) is 6.54 Å². The van der Waals surface area contributed by atoms with Crippen LogP contribution in [-0.4, -0.2) is 44.2 Å². The van der Waals surface area contributed by atoms with Crippen LogP contribution in [0.25, 0.3) is 0 Å². The van der Waals surface area contributed by atoms with Crippen LogP contribution in [0.15, 0.2) is 60.0 Å². The highest BCUT2D eigenvalue weighted by Crippen LogP contribution is 2.25. The molecule has 0 atom stereocenters. The van der Waals surface area contributed by atoms with Gasteiger partial charge in [0.1, 0.15) is 11.4 Å². The third-order valence-corrected chi connectivity index (χ3v) is 5.91. The minimum Gasteiger partial charge on any atom is -0.497 e. The van der Waals surface area contributed by atoms with E-state index in [0.29, 0.717) is 12.2 Å². The van der Waals surface area contributed by atoms with Crippen LogP contribution in [0.3, 0.4) is 0 Å². The van der Waals surface area contributed by atoms with Gasteiger partial charge >= 0.3 is 0 Å². The molecule has 1 amide bonds. The van der Waals surface area contributed by atoms with Crippen molar-refractivity contribution in [2.24, 2.45) is 0 Å². The van der Waals surface area contributed by atoms with Crippen molar-refractivity contribution in [3.8, 4) is 5.75 Å². The fraction of sp³-hybridized carbons (Fsp3) is 0.273. The van der Waals surface area contributed by atoms with Crippen LogP contribution in [0.1, 0.15) is 16.1 Å². The number of hydrogen-bond acceptors (Lipinski definition) is 6. The number of carbonyl (C=O) groups excluding carboxylic acids is 1. The number of amides is 1. The van der Waals surface area contributed by atoms with E-state index in [2.05, 4.69) is 32.2 Å². The Morgan fingerprint density at radius 2 is 1.72 bits per heavy atom. The smallest absolute Gasteiger partial charge is 0.271 e. The lowest BCUT2D eigenvalue weighted by Gasteiger charge is -2.36. The number of carbonyl (C=O) groups is 1. The van der Waals surface area contributed by atoms with E-state index < -0.39 is 0 Å². The van der Waals surface area contributed by atoms with Crippen molar-refractivity contribution in [1.29, 1.82) is 0 Å². The second kappa shape index (κ2) is 8.96. The molecule has 1 fully saturated rings. The van der Waals surface area contributed by atoms with E-state index in [1.165, 1.54) is 17.0 Å². The summed E-state index contributed by atoms with van der Waals surface area (Å²) >= 11 is 1.53. The molecule has 0 unspecified atom stereocenters. The number of nitrogens with one attached hydrogen (secondary N) is 1. The molecule has 6 nitrogen and oxygen atoms in total. The average Bonchev–Trinajstić information content (AvgIpc) is 3.29. The largest absolute Gasteiger partial charge is 0.497 e. The summed E-state index contributed by atoms with van der Waals surface area (Å²) in [4.78, 5) is 21.6. The van der Waals surface area contributed by atoms with E-state index in [-0.39, 0.29) is 5.91 Å². The molecule has 0 spiro atoms. The number of aromatic nitrogens is 1. The Bertz CT molecular complexity index is 935. The third-order valence-electron chi connectivity index (χ3n) is 5.01. The normalized spacial score (nSPS) is 14.0. The first-order valence-electron chi connectivity index (χ1n) is 9.64. The number of methoxy groups -OCH3 is 1. The van der Waals surface area contributed by atoms with E-state index in [1.54, 1.807) is 7.11 Å². The first kappa shape index (κ1) is 19.3. The predicted octanol–water partition coefficient (Wildman–Crippen LogP) is 3.41. The zero-order chi connectivity index (χ0) is 20.1. The number of anilines is 2. The molecule has 2 heterocycles. The van der Waals surface area contributed by atoms with Crippen molar-refractivity contribution >= 4 is 28.1 Å². The maximum atomic E-state index is 12.4. The van der Waals surface area contributed by atoms with Crippen LogP contribution in [0.2, 0.25) is 0 Å². The molecule has 0 aliphatic carbocycles. The molecule has 1 N–H and O–H groups in total. The predicted molar refractivity (Wildman–Crippen MR) is 117 cm³/mol. The lowest BCUT2D eigenvalue weighted by Crippen LogP contribution is -2.46. The molecule has 4 rings (SSSR count). The number of rotatable bonds is 6. The van der Waals surface area contributed by atoms with Gasteiger partial charge in [0.05, 0.1) is 7.11 Å². The number of piperazine rings is 1. The molecule has 3 aromatic rings. The number of nitrogens with zero attached hydrogens (tertiary/aromatic N) is 3. The maximum Gasteiger partial charge on any atom is 0.271 e. The van der Waals surface area contributed by atoms with Crippen molar-refractivity contribution < 1.29 is 9.53 Å². The van der Waals surface area contributed by atoms with Crippen LogP contribution < -0.4 is 19.9 Å². The minimum absolute atomic E-state index is 0.131.